The van der Waals surface area contributed by atoms with E-state index in [1.807, 2.05) is 0 Å². The van der Waals surface area contributed by atoms with Gasteiger partial charge in [-0.1, -0.05) is 20.8 Å². The summed E-state index contributed by atoms with van der Waals surface area (Å²) in [6, 6.07) is 0. The molecule has 9 heteroatoms. The van der Waals surface area contributed by atoms with Crippen molar-refractivity contribution in [2.75, 3.05) is 32.9 Å². The smallest absolute Gasteiger partial charge is 0.265 e. The molecule has 0 saturated heterocycles. The average molecular weight is 586 g/mol. The van der Waals surface area contributed by atoms with Crippen LogP contribution in [-0.4, -0.2) is 78.7 Å². The van der Waals surface area contributed by atoms with Crippen LogP contribution in [0.5, 0.6) is 0 Å². The van der Waals surface area contributed by atoms with Gasteiger partial charge in [-0.25, -0.2) is 0 Å². The van der Waals surface area contributed by atoms with E-state index in [9.17, 15) is 23.4 Å². The Bertz CT molecular complexity index is 1020. The molecule has 4 aliphatic rings. The third-order valence-corrected chi connectivity index (χ3v) is 13.6. The summed E-state index contributed by atoms with van der Waals surface area (Å²) in [5, 5.41) is 23.5. The monoisotopic (exact) mass is 585 g/mol. The van der Waals surface area contributed by atoms with Gasteiger partial charge >= 0.3 is 0 Å². The minimum atomic E-state index is -3.91. The first-order chi connectivity index (χ1) is 18.5. The predicted octanol–water partition coefficient (Wildman–Crippen LogP) is 3.85. The molecule has 0 aromatic rings. The molecule has 4 saturated carbocycles. The molecule has 0 bridgehead atoms. The molecule has 0 heterocycles. The summed E-state index contributed by atoms with van der Waals surface area (Å²) < 4.78 is 32.0. The van der Waals surface area contributed by atoms with Gasteiger partial charge in [-0.3, -0.25) is 9.35 Å². The number of carbonyl (C=O) groups is 1. The fourth-order valence-electron chi connectivity index (χ4n) is 10.4. The van der Waals surface area contributed by atoms with Gasteiger partial charge in [-0.05, 0) is 110 Å². The van der Waals surface area contributed by atoms with E-state index in [2.05, 4.69) is 34.9 Å². The van der Waals surface area contributed by atoms with Crippen LogP contribution in [0.25, 0.3) is 0 Å². The van der Waals surface area contributed by atoms with Crippen LogP contribution in [-0.2, 0) is 14.9 Å². The SMILES string of the molecule is CC(CCC(N)=O)C1CCC2C3C(O)CC4CC(CC[N+](C)(C)CCCS(=O)(=O)O)CCC4(C)C3CC(O)C12C. The maximum atomic E-state index is 11.8. The number of hydrogen-bond acceptors (Lipinski definition) is 5. The Labute approximate surface area is 242 Å². The predicted molar refractivity (Wildman–Crippen MR) is 157 cm³/mol. The highest BCUT2D eigenvalue weighted by molar-refractivity contribution is 7.85. The van der Waals surface area contributed by atoms with E-state index >= 15 is 0 Å². The Morgan fingerprint density at radius 1 is 1.05 bits per heavy atom. The molecule has 0 aromatic carbocycles. The molecular weight excluding hydrogens is 528 g/mol. The Morgan fingerprint density at radius 2 is 1.75 bits per heavy atom. The Kier molecular flexibility index (Phi) is 9.45. The fourth-order valence-corrected chi connectivity index (χ4v) is 10.9. The van der Waals surface area contributed by atoms with Crippen molar-refractivity contribution in [1.82, 2.24) is 0 Å². The van der Waals surface area contributed by atoms with E-state index in [4.69, 9.17) is 10.3 Å². The Morgan fingerprint density at radius 3 is 2.40 bits per heavy atom. The highest BCUT2D eigenvalue weighted by Gasteiger charge is 2.65. The van der Waals surface area contributed by atoms with Crippen molar-refractivity contribution >= 4 is 16.0 Å². The maximum absolute atomic E-state index is 11.8. The van der Waals surface area contributed by atoms with Crippen LogP contribution in [0.2, 0.25) is 0 Å². The standard InChI is InChI=1S/C31H56N2O6S/c1-20(7-10-28(32)36)23-8-9-24-29-25(19-27(35)31(23,24)3)30(2)13-11-21(17-22(30)18-26(29)34)12-15-33(4,5)14-6-16-40(37,38)39/h20-27,29,34-35H,6-19H2,1-5H3,(H2-,32,36,37,38,39)/p+1. The normalized spacial score (nSPS) is 42.5. The van der Waals surface area contributed by atoms with Gasteiger partial charge in [0.2, 0.25) is 5.91 Å². The lowest BCUT2D eigenvalue weighted by atomic mass is 9.42. The van der Waals surface area contributed by atoms with E-state index < -0.39 is 10.1 Å². The van der Waals surface area contributed by atoms with Crippen molar-refractivity contribution in [1.29, 1.82) is 0 Å². The highest BCUT2D eigenvalue weighted by Crippen LogP contribution is 2.68. The van der Waals surface area contributed by atoms with Crippen molar-refractivity contribution in [2.24, 2.45) is 58.0 Å². The molecule has 0 aliphatic heterocycles. The van der Waals surface area contributed by atoms with Crippen LogP contribution in [0.3, 0.4) is 0 Å². The van der Waals surface area contributed by atoms with Crippen LogP contribution in [0.4, 0.5) is 0 Å². The molecule has 1 amide bonds. The topological polar surface area (TPSA) is 138 Å². The molecule has 40 heavy (non-hydrogen) atoms. The van der Waals surface area contributed by atoms with Crippen LogP contribution in [0.15, 0.2) is 0 Å². The zero-order valence-corrected chi connectivity index (χ0v) is 26.4. The zero-order chi connectivity index (χ0) is 29.7. The molecule has 0 spiro atoms. The van der Waals surface area contributed by atoms with Gasteiger partial charge in [0, 0.05) is 12.8 Å². The van der Waals surface area contributed by atoms with Gasteiger partial charge in [0.25, 0.3) is 10.1 Å². The average Bonchev–Trinajstić information content (AvgIpc) is 3.20. The molecule has 4 rings (SSSR count). The van der Waals surface area contributed by atoms with E-state index in [0.29, 0.717) is 48.3 Å². The first-order valence-corrected chi connectivity index (χ1v) is 17.5. The van der Waals surface area contributed by atoms with Crippen LogP contribution >= 0.6 is 0 Å². The number of primary amides is 1. The van der Waals surface area contributed by atoms with Gasteiger partial charge < -0.3 is 20.4 Å². The largest absolute Gasteiger partial charge is 0.393 e. The molecule has 4 fully saturated rings. The number of carbonyl (C=O) groups excluding carboxylic acids is 1. The lowest BCUT2D eigenvalue weighted by Crippen LogP contribution is -2.62. The summed E-state index contributed by atoms with van der Waals surface area (Å²) in [7, 11) is 0.357. The quantitative estimate of drug-likeness (QED) is 0.215. The number of aliphatic hydroxyl groups is 2. The third-order valence-electron chi connectivity index (χ3n) is 12.8. The van der Waals surface area contributed by atoms with Crippen molar-refractivity contribution in [3.63, 3.8) is 0 Å². The molecule has 0 radical (unpaired) electrons. The summed E-state index contributed by atoms with van der Waals surface area (Å²) in [5.74, 6) is 2.17. The summed E-state index contributed by atoms with van der Waals surface area (Å²) in [4.78, 5) is 11.4. The number of rotatable bonds is 11. The first kappa shape index (κ1) is 32.2. The molecule has 11 atom stereocenters. The maximum Gasteiger partial charge on any atom is 0.265 e. The van der Waals surface area contributed by atoms with Crippen molar-refractivity contribution in [3.05, 3.63) is 0 Å². The van der Waals surface area contributed by atoms with Crippen LogP contribution < -0.4 is 5.73 Å². The molecule has 5 N–H and O–H groups in total. The van der Waals surface area contributed by atoms with Gasteiger partial charge in [0.1, 0.15) is 0 Å². The fraction of sp³-hybridized carbons (Fsp3) is 0.968. The van der Waals surface area contributed by atoms with Crippen LogP contribution in [0.1, 0.15) is 91.4 Å². The van der Waals surface area contributed by atoms with Gasteiger partial charge in [-0.15, -0.1) is 0 Å². The number of aliphatic hydroxyl groups excluding tert-OH is 2. The van der Waals surface area contributed by atoms with Crippen molar-refractivity contribution in [2.45, 2.75) is 104 Å². The number of quaternary nitrogens is 1. The first-order valence-electron chi connectivity index (χ1n) is 15.9. The lowest BCUT2D eigenvalue weighted by Gasteiger charge is -2.64. The molecule has 232 valence electrons. The third kappa shape index (κ3) is 6.43. The lowest BCUT2D eigenvalue weighted by molar-refractivity contribution is -0.890. The Hall–Kier alpha value is -0.740. The van der Waals surface area contributed by atoms with Gasteiger partial charge in [0.15, 0.2) is 0 Å². The second kappa shape index (κ2) is 11.7. The highest BCUT2D eigenvalue weighted by atomic mass is 32.2. The molecule has 4 aliphatic carbocycles. The molecular formula is C31H57N2O6S+. The van der Waals surface area contributed by atoms with E-state index in [1.54, 1.807) is 0 Å². The van der Waals surface area contributed by atoms with E-state index in [1.165, 1.54) is 6.42 Å². The van der Waals surface area contributed by atoms with Crippen LogP contribution in [0, 0.1) is 52.3 Å². The second-order valence-electron chi connectivity index (χ2n) is 15.5. The second-order valence-corrected chi connectivity index (χ2v) is 17.1. The van der Waals surface area contributed by atoms with Crippen molar-refractivity contribution in [3.8, 4) is 0 Å². The van der Waals surface area contributed by atoms with E-state index in [0.717, 1.165) is 68.9 Å². The van der Waals surface area contributed by atoms with Gasteiger partial charge in [0.05, 0.1) is 45.1 Å². The molecule has 11 unspecified atom stereocenters. The number of nitrogens with two attached hydrogens (primary N) is 1. The van der Waals surface area contributed by atoms with Gasteiger partial charge in [-0.2, -0.15) is 8.42 Å². The van der Waals surface area contributed by atoms with Crippen molar-refractivity contribution < 1.29 is 32.5 Å². The Balaban J connectivity index is 1.41. The number of amides is 1. The van der Waals surface area contributed by atoms with E-state index in [-0.39, 0.29) is 40.6 Å². The number of fused-ring (bicyclic) bond motifs is 5. The summed E-state index contributed by atoms with van der Waals surface area (Å²) in [6.45, 7) is 8.62. The number of hydrogen-bond donors (Lipinski definition) is 4. The molecule has 0 aromatic heterocycles. The minimum absolute atomic E-state index is 0.137. The zero-order valence-electron chi connectivity index (χ0n) is 25.6. The number of nitrogens with zero attached hydrogens (tertiary/aromatic N) is 1. The minimum Gasteiger partial charge on any atom is -0.393 e. The molecule has 8 nitrogen and oxygen atoms in total. The summed E-state index contributed by atoms with van der Waals surface area (Å²) in [6.07, 6.45) is 9.14. The summed E-state index contributed by atoms with van der Waals surface area (Å²) >= 11 is 0. The summed E-state index contributed by atoms with van der Waals surface area (Å²) in [5.41, 5.74) is 5.36.